The molecular formula is C22H30N2+. The fourth-order valence-electron chi connectivity index (χ4n) is 3.68. The average Bonchev–Trinajstić information content (AvgIpc) is 3.25. The topological polar surface area (TPSA) is 6.25 Å². The van der Waals surface area contributed by atoms with Crippen LogP contribution in [0.25, 0.3) is 0 Å². The molecule has 1 heterocycles. The molecule has 5 radical (unpaired) electrons. The molecule has 1 aromatic carbocycles. The van der Waals surface area contributed by atoms with Crippen LogP contribution in [0.5, 0.6) is 0 Å². The Hall–Kier alpha value is -1.31. The molecule has 1 fully saturated rings. The number of anilines is 1. The summed E-state index contributed by atoms with van der Waals surface area (Å²) in [5.74, 6) is 2.47. The maximum absolute atomic E-state index is 2.48. The van der Waals surface area contributed by atoms with E-state index in [1.54, 1.807) is 0 Å². The summed E-state index contributed by atoms with van der Waals surface area (Å²) in [5, 5.41) is 0. The third-order valence-electron chi connectivity index (χ3n) is 5.18. The van der Waals surface area contributed by atoms with E-state index < -0.39 is 0 Å². The number of rotatable bonds is 5. The highest BCUT2D eigenvalue weighted by Crippen LogP contribution is 2.36. The molecule has 0 aromatic heterocycles. The maximum Gasteiger partial charge on any atom is 0.239 e. The zero-order chi connectivity index (χ0) is 17.3. The third kappa shape index (κ3) is 3.38. The average molecular weight is 322 g/mol. The lowest BCUT2D eigenvalue weighted by Gasteiger charge is -2.21. The molecule has 1 aliphatic carbocycles. The normalized spacial score (nSPS) is 20.3. The van der Waals surface area contributed by atoms with Crippen LogP contribution in [0.1, 0.15) is 57.6 Å². The number of hydrogen-bond donors (Lipinski definition) is 0. The highest BCUT2D eigenvalue weighted by atomic mass is 15.3. The number of hydrogen-bond acceptors (Lipinski definition) is 1. The summed E-state index contributed by atoms with van der Waals surface area (Å²) in [7, 11) is 0. The van der Waals surface area contributed by atoms with Crippen molar-refractivity contribution < 1.29 is 4.58 Å². The van der Waals surface area contributed by atoms with Gasteiger partial charge in [-0.2, -0.15) is 0 Å². The molecule has 0 spiro atoms. The van der Waals surface area contributed by atoms with Crippen LogP contribution in [0.3, 0.4) is 0 Å². The van der Waals surface area contributed by atoms with Crippen LogP contribution in [0, 0.1) is 31.6 Å². The largest absolute Gasteiger partial charge is 0.261 e. The van der Waals surface area contributed by atoms with Gasteiger partial charge in [0, 0.05) is 17.0 Å². The molecule has 0 N–H and O–H groups in total. The van der Waals surface area contributed by atoms with Gasteiger partial charge in [-0.3, -0.25) is 4.58 Å². The Morgan fingerprint density at radius 3 is 2.04 bits per heavy atom. The Labute approximate surface area is 148 Å². The van der Waals surface area contributed by atoms with E-state index in [2.05, 4.69) is 94.3 Å². The molecule has 1 saturated carbocycles. The third-order valence-corrected chi connectivity index (χ3v) is 5.18. The minimum atomic E-state index is 0.429. The van der Waals surface area contributed by atoms with Crippen molar-refractivity contribution in [3.63, 3.8) is 0 Å². The number of para-hydroxylation sites is 1. The van der Waals surface area contributed by atoms with Crippen molar-refractivity contribution in [2.45, 2.75) is 52.5 Å². The van der Waals surface area contributed by atoms with Gasteiger partial charge in [0.2, 0.25) is 6.34 Å². The van der Waals surface area contributed by atoms with Crippen molar-refractivity contribution in [2.24, 2.45) is 0 Å². The van der Waals surface area contributed by atoms with E-state index in [0.29, 0.717) is 17.9 Å². The fraction of sp³-hybridized carbons (Fsp3) is 0.455. The molecule has 127 valence electrons. The van der Waals surface area contributed by atoms with Crippen LogP contribution in [-0.4, -0.2) is 30.0 Å². The molecular weight excluding hydrogens is 292 g/mol. The molecule has 2 nitrogen and oxygen atoms in total. The van der Waals surface area contributed by atoms with E-state index in [9.17, 15) is 0 Å². The predicted octanol–water partition coefficient (Wildman–Crippen LogP) is 4.59. The lowest BCUT2D eigenvalue weighted by Crippen LogP contribution is -2.28. The van der Waals surface area contributed by atoms with Crippen LogP contribution in [0.4, 0.5) is 5.69 Å². The van der Waals surface area contributed by atoms with Crippen molar-refractivity contribution in [2.75, 3.05) is 18.0 Å². The second kappa shape index (κ2) is 7.29. The van der Waals surface area contributed by atoms with Gasteiger partial charge in [-0.25, -0.2) is 4.90 Å². The van der Waals surface area contributed by atoms with Gasteiger partial charge in [0.05, 0.1) is 6.04 Å². The van der Waals surface area contributed by atoms with Gasteiger partial charge < -0.3 is 0 Å². The molecule has 2 heteroatoms. The molecule has 1 aliphatic heterocycles. The number of benzene rings is 1. The van der Waals surface area contributed by atoms with Crippen LogP contribution in [0.15, 0.2) is 18.2 Å². The Kier molecular flexibility index (Phi) is 5.32. The summed E-state index contributed by atoms with van der Waals surface area (Å²) in [6, 6.07) is 7.24. The molecule has 0 bridgehead atoms. The molecule has 3 rings (SSSR count). The van der Waals surface area contributed by atoms with Gasteiger partial charge in [0.15, 0.2) is 0 Å². The molecule has 1 atom stereocenters. The summed E-state index contributed by atoms with van der Waals surface area (Å²) in [4.78, 5) is 2.48. The highest BCUT2D eigenvalue weighted by Gasteiger charge is 2.34. The fourth-order valence-corrected chi connectivity index (χ4v) is 3.68. The highest BCUT2D eigenvalue weighted by molar-refractivity contribution is 5.81. The minimum Gasteiger partial charge on any atom is -0.261 e. The van der Waals surface area contributed by atoms with Gasteiger partial charge in [0.25, 0.3) is 0 Å². The van der Waals surface area contributed by atoms with Crippen molar-refractivity contribution in [3.05, 3.63) is 60.9 Å². The molecule has 1 aromatic rings. The predicted molar refractivity (Wildman–Crippen MR) is 103 cm³/mol. The second-order valence-corrected chi connectivity index (χ2v) is 7.54. The van der Waals surface area contributed by atoms with E-state index in [-0.39, 0.29) is 0 Å². The summed E-state index contributed by atoms with van der Waals surface area (Å²) in [6.45, 7) is 13.6. The van der Waals surface area contributed by atoms with Crippen molar-refractivity contribution in [1.82, 2.24) is 0 Å². The standard InChI is InChI=1S/C22H30N2/c1-16(2)20-11-8-12-21(17(3)4)22(20)24-14-13-23(15-24)18(5)19-9-6-7-10-19/h6-12,15-18H,13-14H2,1-5H3/q+1. The summed E-state index contributed by atoms with van der Waals surface area (Å²) < 4.78 is 2.47. The van der Waals surface area contributed by atoms with Crippen LogP contribution in [-0.2, 0) is 0 Å². The Balaban J connectivity index is 1.91. The van der Waals surface area contributed by atoms with Crippen molar-refractivity contribution >= 4 is 12.0 Å². The summed E-state index contributed by atoms with van der Waals surface area (Å²) in [6.07, 6.45) is 11.0. The van der Waals surface area contributed by atoms with E-state index in [1.165, 1.54) is 22.7 Å². The Morgan fingerprint density at radius 2 is 1.50 bits per heavy atom. The molecule has 24 heavy (non-hydrogen) atoms. The SMILES string of the molecule is CC(C)c1cccc(C(C)C)c1N1C=[N+](C(C)[C]2[CH][CH][CH][CH]2)CC1. The van der Waals surface area contributed by atoms with E-state index in [1.807, 2.05) is 0 Å². The first kappa shape index (κ1) is 17.5. The monoisotopic (exact) mass is 322 g/mol. The Morgan fingerprint density at radius 1 is 0.917 bits per heavy atom. The van der Waals surface area contributed by atoms with Crippen molar-refractivity contribution in [3.8, 4) is 0 Å². The first-order valence-corrected chi connectivity index (χ1v) is 9.20. The first-order chi connectivity index (χ1) is 11.5. The van der Waals surface area contributed by atoms with Gasteiger partial charge in [-0.15, -0.1) is 0 Å². The smallest absolute Gasteiger partial charge is 0.239 e. The summed E-state index contributed by atoms with van der Waals surface area (Å²) >= 11 is 0. The zero-order valence-electron chi connectivity index (χ0n) is 15.7. The maximum atomic E-state index is 2.48. The second-order valence-electron chi connectivity index (χ2n) is 7.54. The molecule has 0 saturated heterocycles. The molecule has 0 amide bonds. The number of nitrogens with zero attached hydrogens (tertiary/aromatic N) is 2. The Bertz CT molecular complexity index is 568. The first-order valence-electron chi connectivity index (χ1n) is 9.20. The van der Waals surface area contributed by atoms with Crippen LogP contribution >= 0.6 is 0 Å². The van der Waals surface area contributed by atoms with E-state index in [0.717, 1.165) is 13.1 Å². The van der Waals surface area contributed by atoms with E-state index in [4.69, 9.17) is 0 Å². The van der Waals surface area contributed by atoms with Crippen LogP contribution < -0.4 is 4.90 Å². The van der Waals surface area contributed by atoms with E-state index >= 15 is 0 Å². The lowest BCUT2D eigenvalue weighted by molar-refractivity contribution is -0.543. The molecule has 1 unspecified atom stereocenters. The lowest BCUT2D eigenvalue weighted by atomic mass is 9.92. The van der Waals surface area contributed by atoms with Gasteiger partial charge in [-0.05, 0) is 44.4 Å². The van der Waals surface area contributed by atoms with Gasteiger partial charge >= 0.3 is 0 Å². The van der Waals surface area contributed by atoms with Crippen molar-refractivity contribution in [1.29, 1.82) is 0 Å². The van der Waals surface area contributed by atoms with Gasteiger partial charge in [-0.1, -0.05) is 45.9 Å². The summed E-state index contributed by atoms with van der Waals surface area (Å²) in [5.41, 5.74) is 4.35. The van der Waals surface area contributed by atoms with Crippen LogP contribution in [0.2, 0.25) is 0 Å². The minimum absolute atomic E-state index is 0.429. The zero-order valence-corrected chi connectivity index (χ0v) is 15.7. The quantitative estimate of drug-likeness (QED) is 0.719. The molecule has 2 aliphatic rings. The van der Waals surface area contributed by atoms with Gasteiger partial charge in [0.1, 0.15) is 18.8 Å².